The van der Waals surface area contributed by atoms with Crippen LogP contribution in [0.3, 0.4) is 0 Å². The van der Waals surface area contributed by atoms with Crippen molar-refractivity contribution in [2.24, 2.45) is 5.92 Å². The number of benzene rings is 2. The van der Waals surface area contributed by atoms with E-state index in [-0.39, 0.29) is 17.6 Å². The number of rotatable bonds is 5. The van der Waals surface area contributed by atoms with Crippen molar-refractivity contribution in [2.75, 3.05) is 24.7 Å². The third-order valence-corrected chi connectivity index (χ3v) is 5.95. The summed E-state index contributed by atoms with van der Waals surface area (Å²) in [6, 6.07) is 13.2. The highest BCUT2D eigenvalue weighted by Crippen LogP contribution is 2.33. The van der Waals surface area contributed by atoms with Gasteiger partial charge >= 0.3 is 0 Å². The zero-order chi connectivity index (χ0) is 22.0. The van der Waals surface area contributed by atoms with E-state index >= 15 is 0 Å². The lowest BCUT2D eigenvalue weighted by molar-refractivity contribution is -0.121. The SMILES string of the molecule is CN(C)[C@H]1CC[C@H](C(=O)Nc2c(C(=O)Nc3ccc(F)cc3)oc3ccccc23)CC1. The minimum Gasteiger partial charge on any atom is -0.449 e. The first kappa shape index (κ1) is 21.1. The third-order valence-electron chi connectivity index (χ3n) is 5.95. The second kappa shape index (κ2) is 8.89. The first-order valence-corrected chi connectivity index (χ1v) is 10.5. The summed E-state index contributed by atoms with van der Waals surface area (Å²) in [5.41, 5.74) is 1.32. The number of hydrogen-bond acceptors (Lipinski definition) is 4. The van der Waals surface area contributed by atoms with Crippen LogP contribution in [0.5, 0.6) is 0 Å². The van der Waals surface area contributed by atoms with Crippen LogP contribution < -0.4 is 10.6 Å². The van der Waals surface area contributed by atoms with Crippen molar-refractivity contribution >= 4 is 34.2 Å². The van der Waals surface area contributed by atoms with E-state index in [9.17, 15) is 14.0 Å². The summed E-state index contributed by atoms with van der Waals surface area (Å²) in [6.07, 6.45) is 3.55. The monoisotopic (exact) mass is 423 g/mol. The number of amides is 2. The normalized spacial score (nSPS) is 18.8. The summed E-state index contributed by atoms with van der Waals surface area (Å²) in [5, 5.41) is 6.33. The Balaban J connectivity index is 1.56. The molecule has 1 saturated carbocycles. The molecule has 0 spiro atoms. The molecule has 7 heteroatoms. The van der Waals surface area contributed by atoms with E-state index in [0.29, 0.717) is 28.4 Å². The number of furan rings is 1. The molecule has 0 saturated heterocycles. The van der Waals surface area contributed by atoms with Crippen molar-refractivity contribution < 1.29 is 18.4 Å². The number of hydrogen-bond donors (Lipinski definition) is 2. The van der Waals surface area contributed by atoms with Gasteiger partial charge in [-0.05, 0) is 76.2 Å². The second-order valence-corrected chi connectivity index (χ2v) is 8.22. The fourth-order valence-electron chi connectivity index (χ4n) is 4.13. The number of anilines is 2. The molecule has 0 aliphatic heterocycles. The molecule has 1 heterocycles. The van der Waals surface area contributed by atoms with E-state index < -0.39 is 11.7 Å². The van der Waals surface area contributed by atoms with Gasteiger partial charge in [-0.2, -0.15) is 0 Å². The fraction of sp³-hybridized carbons (Fsp3) is 0.333. The van der Waals surface area contributed by atoms with Gasteiger partial charge in [-0.1, -0.05) is 12.1 Å². The highest BCUT2D eigenvalue weighted by molar-refractivity contribution is 6.14. The van der Waals surface area contributed by atoms with Crippen LogP contribution in [0.4, 0.5) is 15.8 Å². The van der Waals surface area contributed by atoms with Crippen LogP contribution in [-0.4, -0.2) is 36.9 Å². The van der Waals surface area contributed by atoms with Crippen LogP contribution in [0.2, 0.25) is 0 Å². The van der Waals surface area contributed by atoms with E-state index in [1.807, 2.05) is 18.2 Å². The summed E-state index contributed by atoms with van der Waals surface area (Å²) < 4.78 is 18.9. The summed E-state index contributed by atoms with van der Waals surface area (Å²) >= 11 is 0. The van der Waals surface area contributed by atoms with Gasteiger partial charge in [0.1, 0.15) is 17.1 Å². The molecule has 0 bridgehead atoms. The number of fused-ring (bicyclic) bond motifs is 1. The lowest BCUT2D eigenvalue weighted by Gasteiger charge is -2.31. The summed E-state index contributed by atoms with van der Waals surface area (Å²) in [7, 11) is 4.13. The first-order valence-electron chi connectivity index (χ1n) is 10.5. The first-order chi connectivity index (χ1) is 14.9. The Hall–Kier alpha value is -3.19. The molecule has 0 atom stereocenters. The fourth-order valence-corrected chi connectivity index (χ4v) is 4.13. The molecule has 1 aliphatic carbocycles. The summed E-state index contributed by atoms with van der Waals surface area (Å²) in [4.78, 5) is 28.1. The zero-order valence-electron chi connectivity index (χ0n) is 17.7. The van der Waals surface area contributed by atoms with Crippen LogP contribution in [0.15, 0.2) is 52.9 Å². The topological polar surface area (TPSA) is 74.6 Å². The van der Waals surface area contributed by atoms with Crippen molar-refractivity contribution in [1.82, 2.24) is 4.90 Å². The minimum atomic E-state index is -0.505. The summed E-state index contributed by atoms with van der Waals surface area (Å²) in [6.45, 7) is 0. The van der Waals surface area contributed by atoms with E-state index in [1.54, 1.807) is 6.07 Å². The van der Waals surface area contributed by atoms with Crippen molar-refractivity contribution in [3.8, 4) is 0 Å². The largest absolute Gasteiger partial charge is 0.449 e. The van der Waals surface area contributed by atoms with E-state index in [4.69, 9.17) is 4.42 Å². The average Bonchev–Trinajstić information content (AvgIpc) is 3.14. The van der Waals surface area contributed by atoms with Gasteiger partial charge in [0, 0.05) is 23.0 Å². The Kier molecular flexibility index (Phi) is 6.04. The second-order valence-electron chi connectivity index (χ2n) is 8.22. The van der Waals surface area contributed by atoms with Crippen molar-refractivity contribution in [2.45, 2.75) is 31.7 Å². The molecular formula is C24H26FN3O3. The van der Waals surface area contributed by atoms with Crippen LogP contribution in [0.1, 0.15) is 36.2 Å². The maximum atomic E-state index is 13.2. The van der Waals surface area contributed by atoms with Gasteiger partial charge in [0.05, 0.1) is 0 Å². The highest BCUT2D eigenvalue weighted by atomic mass is 19.1. The number of carbonyl (C=O) groups is 2. The van der Waals surface area contributed by atoms with Crippen LogP contribution >= 0.6 is 0 Å². The summed E-state index contributed by atoms with van der Waals surface area (Å²) in [5.74, 6) is -1.06. The Morgan fingerprint density at radius 1 is 0.968 bits per heavy atom. The molecule has 1 fully saturated rings. The van der Waals surface area contributed by atoms with Crippen LogP contribution in [-0.2, 0) is 4.79 Å². The molecule has 0 unspecified atom stereocenters. The maximum absolute atomic E-state index is 13.2. The van der Waals surface area contributed by atoms with Crippen molar-refractivity contribution in [1.29, 1.82) is 0 Å². The molecule has 6 nitrogen and oxygen atoms in total. The number of halogens is 1. The van der Waals surface area contributed by atoms with Crippen LogP contribution in [0.25, 0.3) is 11.0 Å². The molecular weight excluding hydrogens is 397 g/mol. The van der Waals surface area contributed by atoms with Crippen molar-refractivity contribution in [3.63, 3.8) is 0 Å². The van der Waals surface area contributed by atoms with Gasteiger partial charge in [-0.3, -0.25) is 9.59 Å². The standard InChI is InChI=1S/C24H26FN3O3/c1-28(2)18-13-7-15(8-14-18)23(29)27-21-19-5-3-4-6-20(19)31-22(21)24(30)26-17-11-9-16(25)10-12-17/h3-6,9-12,15,18H,7-8,13-14H2,1-2H3,(H,26,30)(H,27,29)/t15-,18-. The lowest BCUT2D eigenvalue weighted by atomic mass is 9.85. The third kappa shape index (κ3) is 4.61. The maximum Gasteiger partial charge on any atom is 0.293 e. The Morgan fingerprint density at radius 2 is 1.65 bits per heavy atom. The molecule has 2 aromatic carbocycles. The Morgan fingerprint density at radius 3 is 2.32 bits per heavy atom. The number of carbonyl (C=O) groups excluding carboxylic acids is 2. The zero-order valence-corrected chi connectivity index (χ0v) is 17.7. The lowest BCUT2D eigenvalue weighted by Crippen LogP contribution is -2.35. The predicted molar refractivity (Wildman–Crippen MR) is 119 cm³/mol. The van der Waals surface area contributed by atoms with Gasteiger partial charge in [0.2, 0.25) is 11.7 Å². The molecule has 1 aliphatic rings. The van der Waals surface area contributed by atoms with Gasteiger partial charge in [0.25, 0.3) is 5.91 Å². The van der Waals surface area contributed by atoms with E-state index in [2.05, 4.69) is 29.6 Å². The molecule has 2 N–H and O–H groups in total. The number of nitrogens with zero attached hydrogens (tertiary/aromatic N) is 1. The quantitative estimate of drug-likeness (QED) is 0.613. The highest BCUT2D eigenvalue weighted by Gasteiger charge is 2.29. The van der Waals surface area contributed by atoms with Crippen molar-refractivity contribution in [3.05, 3.63) is 60.1 Å². The molecule has 0 radical (unpaired) electrons. The Labute approximate surface area is 180 Å². The van der Waals surface area contributed by atoms with Gasteiger partial charge < -0.3 is 20.0 Å². The van der Waals surface area contributed by atoms with Gasteiger partial charge in [-0.15, -0.1) is 0 Å². The molecule has 4 rings (SSSR count). The molecule has 162 valence electrons. The molecule has 31 heavy (non-hydrogen) atoms. The van der Waals surface area contributed by atoms with Gasteiger partial charge in [-0.25, -0.2) is 4.39 Å². The van der Waals surface area contributed by atoms with Crippen LogP contribution in [0, 0.1) is 11.7 Å². The van der Waals surface area contributed by atoms with E-state index in [1.165, 1.54) is 24.3 Å². The Bertz CT molecular complexity index is 1080. The number of nitrogens with one attached hydrogen (secondary N) is 2. The number of para-hydroxylation sites is 1. The molecule has 3 aromatic rings. The predicted octanol–water partition coefficient (Wildman–Crippen LogP) is 4.88. The molecule has 2 amide bonds. The molecule has 1 aromatic heterocycles. The van der Waals surface area contributed by atoms with Gasteiger partial charge in [0.15, 0.2) is 0 Å². The van der Waals surface area contributed by atoms with E-state index in [0.717, 1.165) is 25.7 Å². The smallest absolute Gasteiger partial charge is 0.293 e. The minimum absolute atomic E-state index is 0.0286. The average molecular weight is 423 g/mol.